The van der Waals surface area contributed by atoms with Crippen LogP contribution in [0, 0.1) is 0 Å². The van der Waals surface area contributed by atoms with Gasteiger partial charge in [-0.1, -0.05) is 11.6 Å². The van der Waals surface area contributed by atoms with Crippen LogP contribution in [0.5, 0.6) is 0 Å². The second-order valence-electron chi connectivity index (χ2n) is 4.90. The normalized spacial score (nSPS) is 17.2. The Morgan fingerprint density at radius 3 is 2.48 bits per heavy atom. The molecule has 0 bridgehead atoms. The van der Waals surface area contributed by atoms with Crippen molar-refractivity contribution >= 4 is 29.2 Å². The van der Waals surface area contributed by atoms with Gasteiger partial charge in [-0.05, 0) is 24.3 Å². The number of amides is 1. The highest BCUT2D eigenvalue weighted by Crippen LogP contribution is 2.14. The van der Waals surface area contributed by atoms with E-state index in [-0.39, 0.29) is 12.3 Å². The summed E-state index contributed by atoms with van der Waals surface area (Å²) in [6, 6.07) is 5.91. The molecule has 6 nitrogen and oxygen atoms in total. The zero-order valence-electron chi connectivity index (χ0n) is 11.5. The van der Waals surface area contributed by atoms with E-state index in [1.807, 2.05) is 4.90 Å². The van der Waals surface area contributed by atoms with Gasteiger partial charge in [0, 0.05) is 36.9 Å². The van der Waals surface area contributed by atoms with Gasteiger partial charge in [-0.2, -0.15) is 0 Å². The fourth-order valence-corrected chi connectivity index (χ4v) is 2.41. The molecule has 1 amide bonds. The number of benzene rings is 1. The van der Waals surface area contributed by atoms with E-state index in [4.69, 9.17) is 11.6 Å². The fourth-order valence-electron chi connectivity index (χ4n) is 2.29. The van der Waals surface area contributed by atoms with Crippen LogP contribution in [0.15, 0.2) is 24.3 Å². The van der Waals surface area contributed by atoms with Crippen molar-refractivity contribution in [3.05, 3.63) is 29.3 Å². The minimum absolute atomic E-state index is 0.0715. The smallest absolute Gasteiger partial charge is 0.321 e. The molecule has 0 radical (unpaired) electrons. The lowest BCUT2D eigenvalue weighted by molar-refractivity contribution is -0.145. The topological polar surface area (TPSA) is 81.7 Å². The monoisotopic (exact) mass is 311 g/mol. The number of piperazine rings is 1. The third-order valence-corrected chi connectivity index (χ3v) is 3.64. The molecule has 0 aliphatic carbocycles. The van der Waals surface area contributed by atoms with Crippen molar-refractivity contribution in [3.63, 3.8) is 0 Å². The molecular weight excluding hydrogens is 294 g/mol. The van der Waals surface area contributed by atoms with Gasteiger partial charge < -0.3 is 15.7 Å². The summed E-state index contributed by atoms with van der Waals surface area (Å²) in [5.41, 5.74) is 0.605. The maximum Gasteiger partial charge on any atom is 0.321 e. The fraction of sp³-hybridized carbons (Fsp3) is 0.429. The van der Waals surface area contributed by atoms with Crippen molar-refractivity contribution in [2.24, 2.45) is 0 Å². The highest BCUT2D eigenvalue weighted by atomic mass is 35.5. The molecular formula is C14H18ClN3O3. The summed E-state index contributed by atoms with van der Waals surface area (Å²) in [6.07, 6.45) is -0.0715. The number of carboxylic acid groups (broad SMARTS) is 1. The average Bonchev–Trinajstić information content (AvgIpc) is 2.48. The van der Waals surface area contributed by atoms with Gasteiger partial charge >= 0.3 is 5.97 Å². The maximum absolute atomic E-state index is 12.0. The molecule has 1 atom stereocenters. The van der Waals surface area contributed by atoms with Gasteiger partial charge in [0.1, 0.15) is 6.04 Å². The first-order chi connectivity index (χ1) is 10.1. The van der Waals surface area contributed by atoms with Gasteiger partial charge in [0.2, 0.25) is 5.91 Å². The molecule has 2 rings (SSSR count). The van der Waals surface area contributed by atoms with E-state index >= 15 is 0 Å². The van der Waals surface area contributed by atoms with Crippen molar-refractivity contribution in [2.75, 3.05) is 31.5 Å². The van der Waals surface area contributed by atoms with E-state index in [9.17, 15) is 14.7 Å². The highest BCUT2D eigenvalue weighted by molar-refractivity contribution is 6.30. The molecule has 21 heavy (non-hydrogen) atoms. The van der Waals surface area contributed by atoms with Gasteiger partial charge in [-0.25, -0.2) is 0 Å². The number of hydrogen-bond donors (Lipinski definition) is 3. The lowest BCUT2D eigenvalue weighted by Gasteiger charge is -2.32. The Balaban J connectivity index is 1.94. The summed E-state index contributed by atoms with van der Waals surface area (Å²) >= 11 is 5.77. The number of nitrogens with one attached hydrogen (secondary N) is 2. The largest absolute Gasteiger partial charge is 0.480 e. The van der Waals surface area contributed by atoms with Crippen LogP contribution in [0.2, 0.25) is 5.02 Å². The molecule has 114 valence electrons. The minimum Gasteiger partial charge on any atom is -0.480 e. The first kappa shape index (κ1) is 15.8. The molecule has 0 saturated carbocycles. The number of rotatable bonds is 5. The molecule has 1 aromatic rings. The number of carbonyl (C=O) groups excluding carboxylic acids is 1. The van der Waals surface area contributed by atoms with E-state index in [2.05, 4.69) is 10.6 Å². The van der Waals surface area contributed by atoms with Crippen molar-refractivity contribution < 1.29 is 14.7 Å². The molecule has 7 heteroatoms. The number of hydrogen-bond acceptors (Lipinski definition) is 4. The predicted molar refractivity (Wildman–Crippen MR) is 80.6 cm³/mol. The van der Waals surface area contributed by atoms with Crippen molar-refractivity contribution in [1.82, 2.24) is 10.2 Å². The summed E-state index contributed by atoms with van der Waals surface area (Å²) in [4.78, 5) is 25.2. The Morgan fingerprint density at radius 2 is 1.90 bits per heavy atom. The molecule has 1 saturated heterocycles. The number of anilines is 1. The number of nitrogens with zero attached hydrogens (tertiary/aromatic N) is 1. The van der Waals surface area contributed by atoms with E-state index in [0.717, 1.165) is 13.1 Å². The lowest BCUT2D eigenvalue weighted by atomic mass is 10.1. The Kier molecular flexibility index (Phi) is 5.55. The minimum atomic E-state index is -0.969. The number of carboxylic acids is 1. The first-order valence-corrected chi connectivity index (χ1v) is 7.17. The van der Waals surface area contributed by atoms with E-state index in [1.165, 1.54) is 0 Å². The SMILES string of the molecule is O=C(CC(C(=O)O)N1CCNCC1)Nc1ccc(Cl)cc1. The Bertz CT molecular complexity index is 501. The van der Waals surface area contributed by atoms with Crippen molar-refractivity contribution in [2.45, 2.75) is 12.5 Å². The van der Waals surface area contributed by atoms with Crippen LogP contribution >= 0.6 is 11.6 Å². The molecule has 3 N–H and O–H groups in total. The predicted octanol–water partition coefficient (Wildman–Crippen LogP) is 1.03. The average molecular weight is 312 g/mol. The Labute approximate surface area is 128 Å². The molecule has 1 unspecified atom stereocenters. The van der Waals surface area contributed by atoms with E-state index in [0.29, 0.717) is 23.8 Å². The van der Waals surface area contributed by atoms with Crippen LogP contribution in [0.3, 0.4) is 0 Å². The number of aliphatic carboxylic acids is 1. The van der Waals surface area contributed by atoms with Gasteiger partial charge in [-0.3, -0.25) is 14.5 Å². The quantitative estimate of drug-likeness (QED) is 0.756. The van der Waals surface area contributed by atoms with Crippen LogP contribution in [0.25, 0.3) is 0 Å². The van der Waals surface area contributed by atoms with Crippen molar-refractivity contribution in [3.8, 4) is 0 Å². The molecule has 1 aromatic carbocycles. The second kappa shape index (κ2) is 7.40. The van der Waals surface area contributed by atoms with Gasteiger partial charge in [0.05, 0.1) is 6.42 Å². The summed E-state index contributed by atoms with van der Waals surface area (Å²) < 4.78 is 0. The van der Waals surface area contributed by atoms with Crippen LogP contribution in [0.1, 0.15) is 6.42 Å². The molecule has 1 aliphatic rings. The first-order valence-electron chi connectivity index (χ1n) is 6.79. The van der Waals surface area contributed by atoms with Crippen molar-refractivity contribution in [1.29, 1.82) is 0 Å². The van der Waals surface area contributed by atoms with Gasteiger partial charge in [0.25, 0.3) is 0 Å². The number of carbonyl (C=O) groups is 2. The zero-order chi connectivity index (χ0) is 15.2. The second-order valence-corrected chi connectivity index (χ2v) is 5.34. The molecule has 0 aromatic heterocycles. The van der Waals surface area contributed by atoms with Gasteiger partial charge in [0.15, 0.2) is 0 Å². The lowest BCUT2D eigenvalue weighted by Crippen LogP contribution is -2.52. The molecule has 1 heterocycles. The third kappa shape index (κ3) is 4.70. The number of halogens is 1. The molecule has 1 fully saturated rings. The van der Waals surface area contributed by atoms with E-state index in [1.54, 1.807) is 24.3 Å². The molecule has 0 spiro atoms. The molecule has 1 aliphatic heterocycles. The van der Waals surface area contributed by atoms with Gasteiger partial charge in [-0.15, -0.1) is 0 Å². The van der Waals surface area contributed by atoms with E-state index < -0.39 is 12.0 Å². The summed E-state index contributed by atoms with van der Waals surface area (Å²) in [5, 5.41) is 15.7. The van der Waals surface area contributed by atoms with Crippen LogP contribution in [-0.4, -0.2) is 54.1 Å². The standard InChI is InChI=1S/C14H18ClN3O3/c15-10-1-3-11(4-2-10)17-13(19)9-12(14(20)21)18-7-5-16-6-8-18/h1-4,12,16H,5-9H2,(H,17,19)(H,20,21). The zero-order valence-corrected chi connectivity index (χ0v) is 12.3. The highest BCUT2D eigenvalue weighted by Gasteiger charge is 2.28. The maximum atomic E-state index is 12.0. The Hall–Kier alpha value is -1.63. The summed E-state index contributed by atoms with van der Waals surface area (Å²) in [7, 11) is 0. The van der Waals surface area contributed by atoms with Crippen LogP contribution in [-0.2, 0) is 9.59 Å². The summed E-state index contributed by atoms with van der Waals surface area (Å²) in [5.74, 6) is -1.29. The summed E-state index contributed by atoms with van der Waals surface area (Å²) in [6.45, 7) is 2.74. The van der Waals surface area contributed by atoms with Crippen LogP contribution in [0.4, 0.5) is 5.69 Å². The third-order valence-electron chi connectivity index (χ3n) is 3.38. The Morgan fingerprint density at radius 1 is 1.29 bits per heavy atom. The van der Waals surface area contributed by atoms with Crippen LogP contribution < -0.4 is 10.6 Å².